The van der Waals surface area contributed by atoms with Crippen molar-refractivity contribution in [2.75, 3.05) is 41.8 Å². The van der Waals surface area contributed by atoms with Crippen LogP contribution in [0.2, 0.25) is 0 Å². The lowest BCUT2D eigenvalue weighted by molar-refractivity contribution is -0.117. The van der Waals surface area contributed by atoms with Crippen LogP contribution in [0, 0.1) is 0 Å². The Bertz CT molecular complexity index is 862. The van der Waals surface area contributed by atoms with E-state index in [-0.39, 0.29) is 35.6 Å². The third-order valence-corrected chi connectivity index (χ3v) is 5.58. The number of nitrogens with one attached hydrogen (secondary N) is 2. The summed E-state index contributed by atoms with van der Waals surface area (Å²) in [6.45, 7) is 0.882. The van der Waals surface area contributed by atoms with Crippen molar-refractivity contribution >= 4 is 33.0 Å². The van der Waals surface area contributed by atoms with Crippen LogP contribution in [0.5, 0.6) is 0 Å². The number of carbonyl (C=O) groups is 2. The van der Waals surface area contributed by atoms with E-state index in [1.807, 2.05) is 4.90 Å². The molecule has 1 saturated heterocycles. The monoisotopic (exact) mass is 377 g/mol. The molecule has 26 heavy (non-hydrogen) atoms. The Morgan fingerprint density at radius 3 is 2.19 bits per heavy atom. The van der Waals surface area contributed by atoms with Crippen molar-refractivity contribution in [3.05, 3.63) is 48.4 Å². The number of rotatable bonds is 5. The van der Waals surface area contributed by atoms with Crippen molar-refractivity contribution in [3.63, 3.8) is 0 Å². The molecule has 0 saturated carbocycles. The van der Waals surface area contributed by atoms with Gasteiger partial charge in [0, 0.05) is 24.5 Å². The summed E-state index contributed by atoms with van der Waals surface area (Å²) >= 11 is 0. The molecule has 3 rings (SSSR count). The summed E-state index contributed by atoms with van der Waals surface area (Å²) in [4.78, 5) is 25.8. The molecule has 0 spiro atoms. The second-order valence-electron chi connectivity index (χ2n) is 5.98. The average Bonchev–Trinajstić information content (AvgIpc) is 3.13. The van der Waals surface area contributed by atoms with E-state index in [1.165, 1.54) is 6.26 Å². The molecular weight excluding hydrogens is 358 g/mol. The first kappa shape index (κ1) is 18.2. The van der Waals surface area contributed by atoms with Crippen LogP contribution in [0.15, 0.2) is 47.1 Å². The molecule has 1 aliphatic rings. The molecule has 2 N–H and O–H groups in total. The fraction of sp³-hybridized carbons (Fsp3) is 0.294. The number of benzene rings is 1. The van der Waals surface area contributed by atoms with Crippen LogP contribution in [-0.4, -0.2) is 56.3 Å². The van der Waals surface area contributed by atoms with Crippen LogP contribution in [-0.2, 0) is 14.6 Å². The molecule has 138 valence electrons. The minimum absolute atomic E-state index is 0.0876. The van der Waals surface area contributed by atoms with Gasteiger partial charge in [0.25, 0.3) is 5.91 Å². The number of hydrogen-bond acceptors (Lipinski definition) is 6. The molecule has 1 aromatic heterocycles. The van der Waals surface area contributed by atoms with Gasteiger partial charge in [0.2, 0.25) is 5.91 Å². The molecule has 0 unspecified atom stereocenters. The van der Waals surface area contributed by atoms with Gasteiger partial charge in [0.1, 0.15) is 0 Å². The second kappa shape index (κ2) is 7.71. The zero-order valence-corrected chi connectivity index (χ0v) is 14.8. The first-order chi connectivity index (χ1) is 12.4. The average molecular weight is 377 g/mol. The van der Waals surface area contributed by atoms with Gasteiger partial charge in [-0.05, 0) is 36.4 Å². The van der Waals surface area contributed by atoms with Gasteiger partial charge in [0.15, 0.2) is 15.6 Å². The summed E-state index contributed by atoms with van der Waals surface area (Å²) in [6.07, 6.45) is 1.42. The number of anilines is 2. The maximum absolute atomic E-state index is 12.1. The Balaban J connectivity index is 1.49. The van der Waals surface area contributed by atoms with E-state index in [2.05, 4.69) is 10.6 Å². The summed E-state index contributed by atoms with van der Waals surface area (Å²) in [5.41, 5.74) is 1.17. The van der Waals surface area contributed by atoms with Crippen molar-refractivity contribution in [2.24, 2.45) is 0 Å². The fourth-order valence-corrected chi connectivity index (χ4v) is 3.83. The summed E-state index contributed by atoms with van der Waals surface area (Å²) in [7, 11) is -2.96. The standard InChI is InChI=1S/C17H19N3O5S/c21-16(12-20-7-10-26(23,24)11-8-20)18-13-3-5-14(6-4-13)19-17(22)15-2-1-9-25-15/h1-6,9H,7-8,10-12H2,(H,18,21)(H,19,22). The number of nitrogens with zero attached hydrogens (tertiary/aromatic N) is 1. The zero-order valence-electron chi connectivity index (χ0n) is 14.0. The van der Waals surface area contributed by atoms with Crippen molar-refractivity contribution < 1.29 is 22.4 Å². The third kappa shape index (κ3) is 4.93. The molecule has 0 atom stereocenters. The van der Waals surface area contributed by atoms with Gasteiger partial charge in [-0.3, -0.25) is 14.5 Å². The topological polar surface area (TPSA) is 109 Å². The van der Waals surface area contributed by atoms with Gasteiger partial charge in [-0.15, -0.1) is 0 Å². The number of sulfone groups is 1. The summed E-state index contributed by atoms with van der Waals surface area (Å²) in [5, 5.41) is 5.44. The minimum Gasteiger partial charge on any atom is -0.459 e. The van der Waals surface area contributed by atoms with Crippen LogP contribution in [0.3, 0.4) is 0 Å². The third-order valence-electron chi connectivity index (χ3n) is 3.98. The lowest BCUT2D eigenvalue weighted by atomic mass is 10.2. The highest BCUT2D eigenvalue weighted by molar-refractivity contribution is 7.91. The summed E-state index contributed by atoms with van der Waals surface area (Å²) in [5.74, 6) is -0.177. The molecule has 8 nitrogen and oxygen atoms in total. The fourth-order valence-electron chi connectivity index (χ4n) is 2.55. The quantitative estimate of drug-likeness (QED) is 0.810. The van der Waals surface area contributed by atoms with E-state index in [0.717, 1.165) is 0 Å². The van der Waals surface area contributed by atoms with Gasteiger partial charge in [-0.2, -0.15) is 0 Å². The van der Waals surface area contributed by atoms with Crippen molar-refractivity contribution in [2.45, 2.75) is 0 Å². The molecule has 0 radical (unpaired) electrons. The minimum atomic E-state index is -2.96. The van der Waals surface area contributed by atoms with Crippen LogP contribution < -0.4 is 10.6 Å². The Kier molecular flexibility index (Phi) is 5.38. The molecular formula is C17H19N3O5S. The van der Waals surface area contributed by atoms with Gasteiger partial charge in [-0.1, -0.05) is 0 Å². The van der Waals surface area contributed by atoms with E-state index < -0.39 is 9.84 Å². The molecule has 2 heterocycles. The van der Waals surface area contributed by atoms with Crippen molar-refractivity contribution in [1.82, 2.24) is 4.90 Å². The van der Waals surface area contributed by atoms with E-state index >= 15 is 0 Å². The number of amides is 2. The van der Waals surface area contributed by atoms with Crippen LogP contribution in [0.25, 0.3) is 0 Å². The van der Waals surface area contributed by atoms with Gasteiger partial charge >= 0.3 is 0 Å². The SMILES string of the molecule is O=C(CN1CCS(=O)(=O)CC1)Nc1ccc(NC(=O)c2ccco2)cc1. The van der Waals surface area contributed by atoms with E-state index in [9.17, 15) is 18.0 Å². The number of furan rings is 1. The Morgan fingerprint density at radius 1 is 1.00 bits per heavy atom. The van der Waals surface area contributed by atoms with Crippen LogP contribution in [0.1, 0.15) is 10.6 Å². The lowest BCUT2D eigenvalue weighted by Gasteiger charge is -2.25. The first-order valence-electron chi connectivity index (χ1n) is 8.09. The van der Waals surface area contributed by atoms with E-state index in [1.54, 1.807) is 36.4 Å². The highest BCUT2D eigenvalue weighted by Gasteiger charge is 2.22. The number of hydrogen-bond donors (Lipinski definition) is 2. The molecule has 0 bridgehead atoms. The maximum atomic E-state index is 12.1. The molecule has 1 aromatic carbocycles. The van der Waals surface area contributed by atoms with Gasteiger partial charge < -0.3 is 15.1 Å². The van der Waals surface area contributed by atoms with Crippen molar-refractivity contribution in [3.8, 4) is 0 Å². The molecule has 2 aromatic rings. The summed E-state index contributed by atoms with van der Waals surface area (Å²) < 4.78 is 27.8. The Labute approximate surface area is 151 Å². The summed E-state index contributed by atoms with van der Waals surface area (Å²) in [6, 6.07) is 9.89. The van der Waals surface area contributed by atoms with E-state index in [4.69, 9.17) is 4.42 Å². The molecule has 9 heteroatoms. The number of carbonyl (C=O) groups excluding carboxylic acids is 2. The molecule has 2 amide bonds. The molecule has 0 aliphatic carbocycles. The molecule has 1 fully saturated rings. The van der Waals surface area contributed by atoms with Crippen LogP contribution in [0.4, 0.5) is 11.4 Å². The zero-order chi connectivity index (χ0) is 18.6. The van der Waals surface area contributed by atoms with Crippen molar-refractivity contribution in [1.29, 1.82) is 0 Å². The lowest BCUT2D eigenvalue weighted by Crippen LogP contribution is -2.43. The molecule has 1 aliphatic heterocycles. The normalized spacial score (nSPS) is 16.8. The van der Waals surface area contributed by atoms with Gasteiger partial charge in [-0.25, -0.2) is 8.42 Å². The highest BCUT2D eigenvalue weighted by atomic mass is 32.2. The second-order valence-corrected chi connectivity index (χ2v) is 8.29. The predicted molar refractivity (Wildman–Crippen MR) is 96.8 cm³/mol. The highest BCUT2D eigenvalue weighted by Crippen LogP contribution is 2.15. The van der Waals surface area contributed by atoms with Gasteiger partial charge in [0.05, 0.1) is 24.3 Å². The van der Waals surface area contributed by atoms with Crippen LogP contribution >= 0.6 is 0 Å². The maximum Gasteiger partial charge on any atom is 0.291 e. The first-order valence-corrected chi connectivity index (χ1v) is 9.91. The smallest absolute Gasteiger partial charge is 0.291 e. The van der Waals surface area contributed by atoms with E-state index in [0.29, 0.717) is 24.5 Å². The Hall–Kier alpha value is -2.65. The Morgan fingerprint density at radius 2 is 1.62 bits per heavy atom. The largest absolute Gasteiger partial charge is 0.459 e. The predicted octanol–water partition coefficient (Wildman–Crippen LogP) is 1.20.